The lowest BCUT2D eigenvalue weighted by Crippen LogP contribution is -2.33. The average Bonchev–Trinajstić information content (AvgIpc) is 2.65. The molecule has 1 aromatic carbocycles. The molecule has 0 aliphatic heterocycles. The molecule has 0 unspecified atom stereocenters. The second kappa shape index (κ2) is 8.71. The van der Waals surface area contributed by atoms with Crippen LogP contribution in [0, 0.1) is 6.92 Å². The molecule has 2 aromatic heterocycles. The number of anilines is 2. The molecule has 0 radical (unpaired) electrons. The Morgan fingerprint density at radius 1 is 1.17 bits per heavy atom. The van der Waals surface area contributed by atoms with Crippen molar-refractivity contribution in [2.75, 3.05) is 17.2 Å². The van der Waals surface area contributed by atoms with Gasteiger partial charge < -0.3 is 20.7 Å². The Kier molecular flexibility index (Phi) is 6.29. The predicted octanol–water partition coefficient (Wildman–Crippen LogP) is 2.98. The molecule has 0 bridgehead atoms. The van der Waals surface area contributed by atoms with Gasteiger partial charge in [-0.3, -0.25) is 4.79 Å². The molecule has 0 spiro atoms. The van der Waals surface area contributed by atoms with E-state index in [9.17, 15) is 14.3 Å². The summed E-state index contributed by atoms with van der Waals surface area (Å²) in [5.41, 5.74) is 0.932. The molecule has 0 aliphatic rings. The smallest absolute Gasteiger partial charge is 0.253 e. The minimum Gasteiger partial charge on any atom is -0.394 e. The Hall–Kier alpha value is -2.78. The summed E-state index contributed by atoms with van der Waals surface area (Å²) in [5.74, 6) is 0.760. The monoisotopic (exact) mass is 420 g/mol. The van der Waals surface area contributed by atoms with Gasteiger partial charge in [0.15, 0.2) is 0 Å². The molecule has 4 N–H and O–H groups in total. The molecule has 0 aliphatic carbocycles. The normalized spacial score (nSPS) is 14.4. The zero-order valence-corrected chi connectivity index (χ0v) is 17.0. The van der Waals surface area contributed by atoms with Crippen LogP contribution in [0.5, 0.6) is 0 Å². The van der Waals surface area contributed by atoms with Crippen molar-refractivity contribution >= 4 is 34.4 Å². The van der Waals surface area contributed by atoms with Crippen LogP contribution in [0.25, 0.3) is 10.9 Å². The largest absolute Gasteiger partial charge is 0.394 e. The molecule has 0 fully saturated rings. The first-order valence-electron chi connectivity index (χ1n) is 9.10. The predicted molar refractivity (Wildman–Crippen MR) is 111 cm³/mol. The van der Waals surface area contributed by atoms with E-state index in [0.717, 1.165) is 5.39 Å². The number of H-pyrrole nitrogens is 1. The molecular weight excluding hydrogens is 399 g/mol. The van der Waals surface area contributed by atoms with Gasteiger partial charge in [-0.25, -0.2) is 4.39 Å². The number of rotatable bonds is 7. The van der Waals surface area contributed by atoms with E-state index in [1.54, 1.807) is 38.1 Å². The van der Waals surface area contributed by atoms with E-state index in [4.69, 9.17) is 11.6 Å². The number of alkyl halides is 1. The Morgan fingerprint density at radius 3 is 2.52 bits per heavy atom. The highest BCUT2D eigenvalue weighted by Gasteiger charge is 2.18. The molecule has 2 heterocycles. The summed E-state index contributed by atoms with van der Waals surface area (Å²) in [5, 5.41) is 16.5. The highest BCUT2D eigenvalue weighted by molar-refractivity contribution is 6.31. The van der Waals surface area contributed by atoms with Crippen LogP contribution in [0.15, 0.2) is 29.1 Å². The van der Waals surface area contributed by atoms with Crippen molar-refractivity contribution in [2.45, 2.75) is 39.0 Å². The number of nitrogens with one attached hydrogen (secondary N) is 3. The number of aliphatic hydroxyl groups is 1. The lowest BCUT2D eigenvalue weighted by atomic mass is 10.1. The molecule has 0 amide bonds. The van der Waals surface area contributed by atoms with Crippen molar-refractivity contribution in [3.8, 4) is 0 Å². The lowest BCUT2D eigenvalue weighted by molar-refractivity contribution is 0.210. The summed E-state index contributed by atoms with van der Waals surface area (Å²) < 4.78 is 13.5. The van der Waals surface area contributed by atoms with E-state index < -0.39 is 24.9 Å². The molecular formula is C19H22ClFN6O2. The number of benzene rings is 1. The minimum absolute atomic E-state index is 0.134. The van der Waals surface area contributed by atoms with Gasteiger partial charge in [-0.05, 0) is 45.0 Å². The maximum absolute atomic E-state index is 13.5. The summed E-state index contributed by atoms with van der Waals surface area (Å²) in [6.45, 7) is 4.39. The SMILES string of the molecule is Cc1nc(N[C@@H](C)c2cc3cc(Cl)ccc3[nH]c2=O)nc(N[C@H](CO)[C@H](C)F)n1. The number of aryl methyl sites for hydroxylation is 1. The average molecular weight is 421 g/mol. The Balaban J connectivity index is 1.87. The van der Waals surface area contributed by atoms with Gasteiger partial charge in [0.25, 0.3) is 5.56 Å². The standard InChI is InChI=1S/C19H22ClFN6O2/c1-9(21)16(8-28)26-19-24-11(3)23-18(27-19)22-10(2)14-7-12-6-13(20)4-5-15(12)25-17(14)29/h4-7,9-10,16,28H,8H2,1-3H3,(H,25,29)(H2,22,23,24,26,27)/t9-,10-,16+/m0/s1. The number of fused-ring (bicyclic) bond motifs is 1. The molecule has 154 valence electrons. The Labute approximate surface area is 171 Å². The zero-order chi connectivity index (χ0) is 21.1. The summed E-state index contributed by atoms with van der Waals surface area (Å²) in [6, 6.07) is 5.72. The van der Waals surface area contributed by atoms with Gasteiger partial charge in [0.2, 0.25) is 11.9 Å². The van der Waals surface area contributed by atoms with E-state index in [1.807, 2.05) is 0 Å². The van der Waals surface area contributed by atoms with Gasteiger partial charge in [0, 0.05) is 21.5 Å². The van der Waals surface area contributed by atoms with Crippen LogP contribution < -0.4 is 16.2 Å². The Morgan fingerprint density at radius 2 is 1.86 bits per heavy atom. The maximum atomic E-state index is 13.5. The summed E-state index contributed by atoms with van der Waals surface area (Å²) in [4.78, 5) is 27.9. The number of aromatic amines is 1. The van der Waals surface area contributed by atoms with Crippen molar-refractivity contribution in [3.63, 3.8) is 0 Å². The minimum atomic E-state index is -1.30. The number of hydrogen-bond acceptors (Lipinski definition) is 7. The first-order chi connectivity index (χ1) is 13.8. The first-order valence-corrected chi connectivity index (χ1v) is 9.47. The summed E-state index contributed by atoms with van der Waals surface area (Å²) >= 11 is 6.04. The van der Waals surface area contributed by atoms with E-state index in [1.165, 1.54) is 6.92 Å². The number of aliphatic hydroxyl groups excluding tert-OH is 1. The summed E-state index contributed by atoms with van der Waals surface area (Å²) in [7, 11) is 0. The van der Waals surface area contributed by atoms with E-state index in [0.29, 0.717) is 21.9 Å². The maximum Gasteiger partial charge on any atom is 0.253 e. The third-order valence-electron chi connectivity index (χ3n) is 4.46. The van der Waals surface area contributed by atoms with Gasteiger partial charge in [-0.1, -0.05) is 11.6 Å². The van der Waals surface area contributed by atoms with Crippen molar-refractivity contribution in [2.24, 2.45) is 0 Å². The van der Waals surface area contributed by atoms with Crippen molar-refractivity contribution < 1.29 is 9.50 Å². The number of aromatic nitrogens is 4. The van der Waals surface area contributed by atoms with Gasteiger partial charge in [-0.15, -0.1) is 0 Å². The van der Waals surface area contributed by atoms with Crippen LogP contribution in [0.4, 0.5) is 16.3 Å². The third-order valence-corrected chi connectivity index (χ3v) is 4.70. The highest BCUT2D eigenvalue weighted by atomic mass is 35.5. The van der Waals surface area contributed by atoms with E-state index in [2.05, 4.69) is 30.6 Å². The van der Waals surface area contributed by atoms with Gasteiger partial charge in [-0.2, -0.15) is 15.0 Å². The first kappa shape index (κ1) is 20.9. The topological polar surface area (TPSA) is 116 Å². The second-order valence-corrected chi connectivity index (χ2v) is 7.23. The molecule has 10 heteroatoms. The molecule has 3 rings (SSSR count). The molecule has 0 saturated heterocycles. The number of nitrogens with zero attached hydrogens (tertiary/aromatic N) is 3. The van der Waals surface area contributed by atoms with E-state index in [-0.39, 0.29) is 17.5 Å². The van der Waals surface area contributed by atoms with Crippen molar-refractivity contribution in [3.05, 3.63) is 51.0 Å². The van der Waals surface area contributed by atoms with E-state index >= 15 is 0 Å². The lowest BCUT2D eigenvalue weighted by Gasteiger charge is -2.19. The van der Waals surface area contributed by atoms with Gasteiger partial charge in [0.1, 0.15) is 12.0 Å². The van der Waals surface area contributed by atoms with Crippen LogP contribution in [0.3, 0.4) is 0 Å². The van der Waals surface area contributed by atoms with Crippen LogP contribution in [-0.4, -0.2) is 43.9 Å². The molecule has 29 heavy (non-hydrogen) atoms. The zero-order valence-electron chi connectivity index (χ0n) is 16.2. The fourth-order valence-corrected chi connectivity index (χ4v) is 3.05. The number of halogens is 2. The van der Waals surface area contributed by atoms with Gasteiger partial charge in [0.05, 0.1) is 18.7 Å². The molecule has 3 aromatic rings. The quantitative estimate of drug-likeness (QED) is 0.464. The Bertz CT molecular complexity index is 1070. The third kappa shape index (κ3) is 4.99. The van der Waals surface area contributed by atoms with Crippen molar-refractivity contribution in [1.82, 2.24) is 19.9 Å². The number of pyridine rings is 1. The highest BCUT2D eigenvalue weighted by Crippen LogP contribution is 2.21. The fraction of sp³-hybridized carbons (Fsp3) is 0.368. The van der Waals surface area contributed by atoms with Crippen molar-refractivity contribution in [1.29, 1.82) is 0 Å². The summed E-state index contributed by atoms with van der Waals surface area (Å²) in [6.07, 6.45) is -1.30. The fourth-order valence-electron chi connectivity index (χ4n) is 2.87. The van der Waals surface area contributed by atoms with Crippen LogP contribution in [-0.2, 0) is 0 Å². The van der Waals surface area contributed by atoms with Crippen LogP contribution in [0.2, 0.25) is 5.02 Å². The van der Waals surface area contributed by atoms with Crippen LogP contribution in [0.1, 0.15) is 31.3 Å². The second-order valence-electron chi connectivity index (χ2n) is 6.79. The molecule has 3 atom stereocenters. The number of hydrogen-bond donors (Lipinski definition) is 4. The van der Waals surface area contributed by atoms with Gasteiger partial charge >= 0.3 is 0 Å². The van der Waals surface area contributed by atoms with Crippen LogP contribution >= 0.6 is 11.6 Å². The molecule has 0 saturated carbocycles. The molecule has 8 nitrogen and oxygen atoms in total.